The summed E-state index contributed by atoms with van der Waals surface area (Å²) in [6.45, 7) is 9.42. The second-order valence-corrected chi connectivity index (χ2v) is 7.56. The zero-order valence-corrected chi connectivity index (χ0v) is 16.2. The Balaban J connectivity index is 1.39. The van der Waals surface area contributed by atoms with Gasteiger partial charge in [-0.05, 0) is 57.0 Å². The number of carbonyl (C=O) groups excluding carboxylic acids is 1. The molecule has 1 N–H and O–H groups in total. The average molecular weight is 368 g/mol. The number of aryl methyl sites for hydroxylation is 1. The van der Waals surface area contributed by atoms with Gasteiger partial charge in [-0.3, -0.25) is 4.79 Å². The smallest absolute Gasteiger partial charge is 0.276 e. The van der Waals surface area contributed by atoms with Gasteiger partial charge in [0.15, 0.2) is 5.69 Å². The molecular formula is C20H28N6O. The summed E-state index contributed by atoms with van der Waals surface area (Å²) >= 11 is 0. The summed E-state index contributed by atoms with van der Waals surface area (Å²) in [5.41, 5.74) is 4.37. The maximum atomic E-state index is 12.8. The summed E-state index contributed by atoms with van der Waals surface area (Å²) in [4.78, 5) is 17.1. The fraction of sp³-hybridized carbons (Fsp3) is 0.550. The van der Waals surface area contributed by atoms with E-state index >= 15 is 0 Å². The van der Waals surface area contributed by atoms with Crippen molar-refractivity contribution in [3.8, 4) is 0 Å². The predicted octanol–water partition coefficient (Wildman–Crippen LogP) is 1.78. The van der Waals surface area contributed by atoms with Gasteiger partial charge in [-0.2, -0.15) is 0 Å². The Morgan fingerprint density at radius 1 is 1.11 bits per heavy atom. The molecule has 2 aliphatic rings. The van der Waals surface area contributed by atoms with Crippen molar-refractivity contribution in [3.05, 3.63) is 41.2 Å². The van der Waals surface area contributed by atoms with E-state index in [0.717, 1.165) is 39.0 Å². The molecule has 0 aliphatic carbocycles. The first-order valence-electron chi connectivity index (χ1n) is 9.86. The molecule has 0 radical (unpaired) electrons. The average Bonchev–Trinajstić information content (AvgIpc) is 3.21. The predicted molar refractivity (Wildman–Crippen MR) is 105 cm³/mol. The molecule has 3 heterocycles. The monoisotopic (exact) mass is 368 g/mol. The fourth-order valence-corrected chi connectivity index (χ4v) is 4.02. The molecule has 2 saturated heterocycles. The molecule has 0 unspecified atom stereocenters. The zero-order chi connectivity index (χ0) is 18.8. The molecule has 1 aromatic heterocycles. The van der Waals surface area contributed by atoms with Gasteiger partial charge in [0.2, 0.25) is 0 Å². The number of piperidine rings is 1. The van der Waals surface area contributed by atoms with Crippen LogP contribution in [0, 0.1) is 13.8 Å². The summed E-state index contributed by atoms with van der Waals surface area (Å²) in [6, 6.07) is 6.77. The van der Waals surface area contributed by atoms with Gasteiger partial charge in [-0.25, -0.2) is 4.68 Å². The van der Waals surface area contributed by atoms with E-state index in [1.165, 1.54) is 16.8 Å². The molecule has 7 heteroatoms. The molecule has 0 bridgehead atoms. The lowest BCUT2D eigenvalue weighted by atomic mass is 10.1. The number of hydrogen-bond acceptors (Lipinski definition) is 5. The lowest BCUT2D eigenvalue weighted by Crippen LogP contribution is -2.49. The maximum absolute atomic E-state index is 12.8. The maximum Gasteiger partial charge on any atom is 0.276 e. The number of hydrogen-bond donors (Lipinski definition) is 1. The minimum Gasteiger partial charge on any atom is -0.368 e. The van der Waals surface area contributed by atoms with E-state index in [4.69, 9.17) is 0 Å². The normalized spacial score (nSPS) is 18.7. The van der Waals surface area contributed by atoms with Crippen LogP contribution in [0.15, 0.2) is 24.4 Å². The summed E-state index contributed by atoms with van der Waals surface area (Å²) in [6.07, 6.45) is 3.90. The first kappa shape index (κ1) is 18.0. The molecule has 2 aliphatic heterocycles. The van der Waals surface area contributed by atoms with Crippen LogP contribution in [0.25, 0.3) is 0 Å². The van der Waals surface area contributed by atoms with Crippen LogP contribution in [0.4, 0.5) is 5.69 Å². The van der Waals surface area contributed by atoms with E-state index in [-0.39, 0.29) is 5.91 Å². The molecule has 144 valence electrons. The van der Waals surface area contributed by atoms with Crippen molar-refractivity contribution in [2.24, 2.45) is 0 Å². The van der Waals surface area contributed by atoms with Crippen LogP contribution in [-0.2, 0) is 0 Å². The highest BCUT2D eigenvalue weighted by Crippen LogP contribution is 2.24. The van der Waals surface area contributed by atoms with Crippen molar-refractivity contribution >= 4 is 11.6 Å². The van der Waals surface area contributed by atoms with Gasteiger partial charge in [-0.1, -0.05) is 17.3 Å². The van der Waals surface area contributed by atoms with Gasteiger partial charge in [-0.15, -0.1) is 5.10 Å². The lowest BCUT2D eigenvalue weighted by Gasteiger charge is -2.36. The van der Waals surface area contributed by atoms with E-state index in [1.807, 2.05) is 15.8 Å². The van der Waals surface area contributed by atoms with Crippen LogP contribution >= 0.6 is 0 Å². The second kappa shape index (κ2) is 7.68. The van der Waals surface area contributed by atoms with E-state index in [1.54, 1.807) is 0 Å². The number of rotatable bonds is 3. The highest BCUT2D eigenvalue weighted by Gasteiger charge is 2.26. The number of nitrogens with one attached hydrogen (secondary N) is 1. The molecule has 1 amide bonds. The van der Waals surface area contributed by atoms with E-state index in [9.17, 15) is 4.79 Å². The molecule has 7 nitrogen and oxygen atoms in total. The third-order valence-electron chi connectivity index (χ3n) is 5.90. The van der Waals surface area contributed by atoms with Gasteiger partial charge in [0.25, 0.3) is 5.91 Å². The SMILES string of the molecule is Cc1cccc(N2CCN(C(=O)c3cn(C4CCNCC4)nn3)CC2)c1C. The third-order valence-corrected chi connectivity index (χ3v) is 5.90. The van der Waals surface area contributed by atoms with Crippen LogP contribution < -0.4 is 10.2 Å². The quantitative estimate of drug-likeness (QED) is 0.895. The zero-order valence-electron chi connectivity index (χ0n) is 16.2. The topological polar surface area (TPSA) is 66.3 Å². The lowest BCUT2D eigenvalue weighted by molar-refractivity contribution is 0.0740. The fourth-order valence-electron chi connectivity index (χ4n) is 4.02. The van der Waals surface area contributed by atoms with Crippen molar-refractivity contribution in [3.63, 3.8) is 0 Å². The van der Waals surface area contributed by atoms with E-state index in [0.29, 0.717) is 24.8 Å². The highest BCUT2D eigenvalue weighted by molar-refractivity contribution is 5.92. The van der Waals surface area contributed by atoms with Gasteiger partial charge >= 0.3 is 0 Å². The van der Waals surface area contributed by atoms with Gasteiger partial charge in [0.05, 0.1) is 12.2 Å². The number of aromatic nitrogens is 3. The molecule has 0 atom stereocenters. The van der Waals surface area contributed by atoms with Crippen molar-refractivity contribution < 1.29 is 4.79 Å². The van der Waals surface area contributed by atoms with Crippen LogP contribution in [0.1, 0.15) is 40.5 Å². The number of carbonyl (C=O) groups is 1. The van der Waals surface area contributed by atoms with Gasteiger partial charge in [0, 0.05) is 31.9 Å². The summed E-state index contributed by atoms with van der Waals surface area (Å²) in [5, 5.41) is 11.7. The molecule has 0 saturated carbocycles. The van der Waals surface area contributed by atoms with Gasteiger partial charge in [0.1, 0.15) is 0 Å². The number of benzene rings is 1. The third kappa shape index (κ3) is 3.69. The van der Waals surface area contributed by atoms with Crippen molar-refractivity contribution in [1.82, 2.24) is 25.2 Å². The molecule has 0 spiro atoms. The number of piperazine rings is 1. The number of anilines is 1. The van der Waals surface area contributed by atoms with Crippen molar-refractivity contribution in [1.29, 1.82) is 0 Å². The standard InChI is InChI=1S/C20H28N6O/c1-15-4-3-5-19(16(15)2)24-10-12-25(13-11-24)20(27)18-14-26(23-22-18)17-6-8-21-9-7-17/h3-5,14,17,21H,6-13H2,1-2H3. The molecule has 4 rings (SSSR count). The Labute approximate surface area is 160 Å². The Morgan fingerprint density at radius 3 is 2.59 bits per heavy atom. The minimum atomic E-state index is -0.00389. The molecule has 27 heavy (non-hydrogen) atoms. The first-order valence-corrected chi connectivity index (χ1v) is 9.86. The summed E-state index contributed by atoms with van der Waals surface area (Å²) in [5.74, 6) is -0.00389. The first-order chi connectivity index (χ1) is 13.1. The summed E-state index contributed by atoms with van der Waals surface area (Å²) in [7, 11) is 0. The van der Waals surface area contributed by atoms with Crippen molar-refractivity contribution in [2.45, 2.75) is 32.7 Å². The molecule has 2 fully saturated rings. The molecular weight excluding hydrogens is 340 g/mol. The highest BCUT2D eigenvalue weighted by atomic mass is 16.2. The van der Waals surface area contributed by atoms with Crippen molar-refractivity contribution in [2.75, 3.05) is 44.2 Å². The Morgan fingerprint density at radius 2 is 1.85 bits per heavy atom. The molecule has 1 aromatic carbocycles. The van der Waals surface area contributed by atoms with Crippen LogP contribution in [0.2, 0.25) is 0 Å². The Kier molecular flexibility index (Phi) is 5.11. The largest absolute Gasteiger partial charge is 0.368 e. The van der Waals surface area contributed by atoms with Gasteiger partial charge < -0.3 is 15.1 Å². The van der Waals surface area contributed by atoms with Crippen LogP contribution in [0.5, 0.6) is 0 Å². The minimum absolute atomic E-state index is 0.00389. The summed E-state index contributed by atoms with van der Waals surface area (Å²) < 4.78 is 1.88. The Hall–Kier alpha value is -2.41. The van der Waals surface area contributed by atoms with E-state index in [2.05, 4.69) is 52.6 Å². The number of amides is 1. The molecule has 2 aromatic rings. The second-order valence-electron chi connectivity index (χ2n) is 7.56. The Bertz CT molecular complexity index is 803. The number of nitrogens with zero attached hydrogens (tertiary/aromatic N) is 5. The van der Waals surface area contributed by atoms with Crippen LogP contribution in [0.3, 0.4) is 0 Å². The van der Waals surface area contributed by atoms with Crippen LogP contribution in [-0.4, -0.2) is 65.1 Å². The van der Waals surface area contributed by atoms with E-state index < -0.39 is 0 Å².